The summed E-state index contributed by atoms with van der Waals surface area (Å²) < 4.78 is 10.8. The van der Waals surface area contributed by atoms with Gasteiger partial charge in [0.2, 0.25) is 0 Å². The van der Waals surface area contributed by atoms with Crippen LogP contribution in [-0.4, -0.2) is 19.6 Å². The van der Waals surface area contributed by atoms with Crippen LogP contribution in [0.1, 0.15) is 11.1 Å². The van der Waals surface area contributed by atoms with Gasteiger partial charge in [0.25, 0.3) is 5.91 Å². The highest BCUT2D eigenvalue weighted by atomic mass is 16.5. The van der Waals surface area contributed by atoms with Crippen molar-refractivity contribution in [3.05, 3.63) is 77.9 Å². The van der Waals surface area contributed by atoms with Gasteiger partial charge in [-0.1, -0.05) is 54.6 Å². The van der Waals surface area contributed by atoms with Crippen LogP contribution in [0.25, 0.3) is 10.8 Å². The molecule has 0 aliphatic rings. The Morgan fingerprint density at radius 1 is 0.920 bits per heavy atom. The lowest BCUT2D eigenvalue weighted by Gasteiger charge is -2.11. The fraction of sp³-hybridized carbons (Fsp3) is 0.190. The predicted molar refractivity (Wildman–Crippen MR) is 98.4 cm³/mol. The lowest BCUT2D eigenvalue weighted by molar-refractivity contribution is -0.123. The molecule has 25 heavy (non-hydrogen) atoms. The van der Waals surface area contributed by atoms with Gasteiger partial charge in [0, 0.05) is 13.7 Å². The van der Waals surface area contributed by atoms with E-state index in [1.165, 1.54) is 0 Å². The standard InChI is InChI=1S/C21H21NO3/c1-24-14-19-9-5-4-8-18(19)13-22-21(23)15-25-20-11-10-16-6-2-3-7-17(16)12-20/h2-12H,13-15H2,1H3,(H,22,23). The SMILES string of the molecule is COCc1ccccc1CNC(=O)COc1ccc2ccccc2c1. The molecule has 0 aromatic heterocycles. The largest absolute Gasteiger partial charge is 0.484 e. The smallest absolute Gasteiger partial charge is 0.258 e. The van der Waals surface area contributed by atoms with Crippen LogP contribution in [0.4, 0.5) is 0 Å². The molecule has 4 nitrogen and oxygen atoms in total. The van der Waals surface area contributed by atoms with Crippen molar-refractivity contribution < 1.29 is 14.3 Å². The van der Waals surface area contributed by atoms with Gasteiger partial charge in [0.1, 0.15) is 5.75 Å². The second-order valence-electron chi connectivity index (χ2n) is 5.78. The molecule has 0 radical (unpaired) electrons. The van der Waals surface area contributed by atoms with Gasteiger partial charge in [0.05, 0.1) is 6.61 Å². The highest BCUT2D eigenvalue weighted by Crippen LogP contribution is 2.20. The summed E-state index contributed by atoms with van der Waals surface area (Å²) in [6.07, 6.45) is 0. The van der Waals surface area contributed by atoms with Gasteiger partial charge in [-0.3, -0.25) is 4.79 Å². The molecule has 1 N–H and O–H groups in total. The summed E-state index contributed by atoms with van der Waals surface area (Å²) in [7, 11) is 1.66. The molecule has 3 aromatic rings. The third kappa shape index (κ3) is 4.58. The zero-order valence-corrected chi connectivity index (χ0v) is 14.2. The van der Waals surface area contributed by atoms with Crippen molar-refractivity contribution in [3.8, 4) is 5.75 Å². The van der Waals surface area contributed by atoms with Gasteiger partial charge in [-0.05, 0) is 34.0 Å². The first-order chi connectivity index (χ1) is 12.3. The molecule has 0 unspecified atom stereocenters. The van der Waals surface area contributed by atoms with E-state index in [9.17, 15) is 4.79 Å². The van der Waals surface area contributed by atoms with Crippen molar-refractivity contribution in [2.45, 2.75) is 13.2 Å². The Kier molecular flexibility index (Phi) is 5.65. The molecule has 0 saturated heterocycles. The number of nitrogens with one attached hydrogen (secondary N) is 1. The number of ether oxygens (including phenoxy) is 2. The van der Waals surface area contributed by atoms with Crippen LogP contribution in [0.2, 0.25) is 0 Å². The fourth-order valence-electron chi connectivity index (χ4n) is 2.68. The van der Waals surface area contributed by atoms with E-state index in [1.807, 2.05) is 66.7 Å². The summed E-state index contributed by atoms with van der Waals surface area (Å²) in [6, 6.07) is 21.7. The van der Waals surface area contributed by atoms with Gasteiger partial charge >= 0.3 is 0 Å². The monoisotopic (exact) mass is 335 g/mol. The van der Waals surface area contributed by atoms with E-state index >= 15 is 0 Å². The molecule has 3 aromatic carbocycles. The van der Waals surface area contributed by atoms with Gasteiger partial charge in [0.15, 0.2) is 6.61 Å². The zero-order chi connectivity index (χ0) is 17.5. The van der Waals surface area contributed by atoms with E-state index < -0.39 is 0 Å². The Bertz CT molecular complexity index is 860. The average molecular weight is 335 g/mol. The number of carbonyl (C=O) groups excluding carboxylic acids is 1. The Morgan fingerprint density at radius 3 is 2.44 bits per heavy atom. The minimum atomic E-state index is -0.152. The van der Waals surface area contributed by atoms with Crippen molar-refractivity contribution in [1.29, 1.82) is 0 Å². The summed E-state index contributed by atoms with van der Waals surface area (Å²) in [5.74, 6) is 0.536. The van der Waals surface area contributed by atoms with Crippen molar-refractivity contribution in [1.82, 2.24) is 5.32 Å². The number of fused-ring (bicyclic) bond motifs is 1. The maximum atomic E-state index is 12.1. The van der Waals surface area contributed by atoms with Crippen molar-refractivity contribution in [2.24, 2.45) is 0 Å². The number of methoxy groups -OCH3 is 1. The Hall–Kier alpha value is -2.85. The molecule has 0 heterocycles. The number of hydrogen-bond donors (Lipinski definition) is 1. The molecular weight excluding hydrogens is 314 g/mol. The second kappa shape index (κ2) is 8.31. The van der Waals surface area contributed by atoms with Crippen LogP contribution in [0.5, 0.6) is 5.75 Å². The minimum absolute atomic E-state index is 0.00914. The second-order valence-corrected chi connectivity index (χ2v) is 5.78. The molecule has 0 aliphatic carbocycles. The maximum absolute atomic E-state index is 12.1. The molecule has 0 saturated carbocycles. The van der Waals surface area contributed by atoms with E-state index in [1.54, 1.807) is 7.11 Å². The topological polar surface area (TPSA) is 47.6 Å². The summed E-state index contributed by atoms with van der Waals surface area (Å²) in [6.45, 7) is 0.976. The molecule has 0 fully saturated rings. The highest BCUT2D eigenvalue weighted by molar-refractivity contribution is 5.84. The van der Waals surface area contributed by atoms with Crippen molar-refractivity contribution >= 4 is 16.7 Å². The summed E-state index contributed by atoms with van der Waals surface area (Å²) >= 11 is 0. The molecular formula is C21H21NO3. The Morgan fingerprint density at radius 2 is 1.64 bits per heavy atom. The number of carbonyl (C=O) groups is 1. The van der Waals surface area contributed by atoms with Crippen molar-refractivity contribution in [2.75, 3.05) is 13.7 Å². The van der Waals surface area contributed by atoms with Crippen LogP contribution in [0.15, 0.2) is 66.7 Å². The van der Waals surface area contributed by atoms with Gasteiger partial charge in [-0.15, -0.1) is 0 Å². The molecule has 3 rings (SSSR count). The molecule has 0 atom stereocenters. The lowest BCUT2D eigenvalue weighted by atomic mass is 10.1. The van der Waals surface area contributed by atoms with Crippen LogP contribution >= 0.6 is 0 Å². The molecule has 1 amide bonds. The molecule has 0 aliphatic heterocycles. The minimum Gasteiger partial charge on any atom is -0.484 e. The van der Waals surface area contributed by atoms with Gasteiger partial charge in [-0.2, -0.15) is 0 Å². The third-order valence-electron chi connectivity index (χ3n) is 3.99. The van der Waals surface area contributed by atoms with Crippen molar-refractivity contribution in [3.63, 3.8) is 0 Å². The van der Waals surface area contributed by atoms with E-state index in [0.29, 0.717) is 18.9 Å². The first-order valence-corrected chi connectivity index (χ1v) is 8.20. The first-order valence-electron chi connectivity index (χ1n) is 8.20. The van der Waals surface area contributed by atoms with Gasteiger partial charge in [-0.25, -0.2) is 0 Å². The number of rotatable bonds is 7. The Labute approximate surface area is 147 Å². The third-order valence-corrected chi connectivity index (χ3v) is 3.99. The summed E-state index contributed by atoms with van der Waals surface area (Å²) in [4.78, 5) is 12.1. The van der Waals surface area contributed by atoms with Gasteiger partial charge < -0.3 is 14.8 Å². The quantitative estimate of drug-likeness (QED) is 0.716. The molecule has 0 spiro atoms. The van der Waals surface area contributed by atoms with E-state index in [0.717, 1.165) is 21.9 Å². The molecule has 4 heteroatoms. The average Bonchev–Trinajstić information content (AvgIpc) is 2.66. The van der Waals surface area contributed by atoms with Crippen LogP contribution in [0, 0.1) is 0 Å². The number of hydrogen-bond acceptors (Lipinski definition) is 3. The highest BCUT2D eigenvalue weighted by Gasteiger charge is 2.06. The normalized spacial score (nSPS) is 10.6. The first kappa shape index (κ1) is 17.0. The van der Waals surface area contributed by atoms with Crippen LogP contribution in [0.3, 0.4) is 0 Å². The zero-order valence-electron chi connectivity index (χ0n) is 14.2. The number of benzene rings is 3. The maximum Gasteiger partial charge on any atom is 0.258 e. The summed E-state index contributed by atoms with van der Waals surface area (Å²) in [5.41, 5.74) is 2.11. The molecule has 128 valence electrons. The van der Waals surface area contributed by atoms with Crippen LogP contribution in [-0.2, 0) is 22.7 Å². The predicted octanol–water partition coefficient (Wildman–Crippen LogP) is 3.68. The molecule has 0 bridgehead atoms. The van der Waals surface area contributed by atoms with E-state index in [2.05, 4.69) is 5.32 Å². The summed E-state index contributed by atoms with van der Waals surface area (Å²) in [5, 5.41) is 5.12. The lowest BCUT2D eigenvalue weighted by Crippen LogP contribution is -2.28. The Balaban J connectivity index is 1.54. The number of amides is 1. The fourth-order valence-corrected chi connectivity index (χ4v) is 2.68. The van der Waals surface area contributed by atoms with E-state index in [-0.39, 0.29) is 12.5 Å². The van der Waals surface area contributed by atoms with E-state index in [4.69, 9.17) is 9.47 Å². The van der Waals surface area contributed by atoms with Crippen LogP contribution < -0.4 is 10.1 Å².